The molecule has 2 aromatic rings. The van der Waals surface area contributed by atoms with Crippen LogP contribution in [0.25, 0.3) is 10.9 Å². The van der Waals surface area contributed by atoms with Crippen LogP contribution in [0.15, 0.2) is 34.2 Å². The summed E-state index contributed by atoms with van der Waals surface area (Å²) in [7, 11) is 1.61. The van der Waals surface area contributed by atoms with Crippen LogP contribution in [0.4, 0.5) is 0 Å². The largest absolute Gasteiger partial charge is 0.383 e. The van der Waals surface area contributed by atoms with E-state index >= 15 is 0 Å². The summed E-state index contributed by atoms with van der Waals surface area (Å²) in [5.74, 6) is 0.256. The molecule has 1 N–H and O–H groups in total. The minimum atomic E-state index is -0.165. The van der Waals surface area contributed by atoms with Gasteiger partial charge in [0.05, 0.1) is 29.3 Å². The number of fused-ring (bicyclic) bond motifs is 1. The number of methoxy groups -OCH3 is 1. The van der Waals surface area contributed by atoms with Crippen LogP contribution < -0.4 is 10.9 Å². The molecule has 0 spiro atoms. The number of ether oxygens (including phenoxy) is 1. The van der Waals surface area contributed by atoms with Crippen molar-refractivity contribution in [2.45, 2.75) is 62.7 Å². The van der Waals surface area contributed by atoms with Crippen LogP contribution in [0.1, 0.15) is 51.5 Å². The SMILES string of the molecule is COC[C@@H](C)n1c(SCC(=O)NC2CCCCCC2)nc2ccccc2c1=O. The summed E-state index contributed by atoms with van der Waals surface area (Å²) in [5, 5.41) is 4.30. The van der Waals surface area contributed by atoms with Gasteiger partial charge in [0.15, 0.2) is 5.16 Å². The van der Waals surface area contributed by atoms with Crippen molar-refractivity contribution in [1.29, 1.82) is 0 Å². The lowest BCUT2D eigenvalue weighted by molar-refractivity contribution is -0.119. The van der Waals surface area contributed by atoms with Crippen LogP contribution in [0.3, 0.4) is 0 Å². The third-order valence-electron chi connectivity index (χ3n) is 5.18. The molecule has 1 aliphatic carbocycles. The van der Waals surface area contributed by atoms with Crippen LogP contribution in [-0.2, 0) is 9.53 Å². The molecule has 6 nitrogen and oxygen atoms in total. The lowest BCUT2D eigenvalue weighted by atomic mass is 10.1. The smallest absolute Gasteiger partial charge is 0.262 e. The van der Waals surface area contributed by atoms with Gasteiger partial charge in [-0.2, -0.15) is 0 Å². The first-order valence-electron chi connectivity index (χ1n) is 10.0. The lowest BCUT2D eigenvalue weighted by Crippen LogP contribution is -2.36. The number of aromatic nitrogens is 2. The first-order chi connectivity index (χ1) is 13.6. The van der Waals surface area contributed by atoms with E-state index in [0.29, 0.717) is 22.7 Å². The molecule has 7 heteroatoms. The van der Waals surface area contributed by atoms with Crippen LogP contribution in [-0.4, -0.2) is 41.0 Å². The fraction of sp³-hybridized carbons (Fsp3) is 0.571. The first kappa shape index (κ1) is 20.9. The summed E-state index contributed by atoms with van der Waals surface area (Å²) in [6.45, 7) is 2.33. The second-order valence-corrected chi connectivity index (χ2v) is 8.38. The van der Waals surface area contributed by atoms with E-state index in [1.807, 2.05) is 25.1 Å². The predicted octanol–water partition coefficient (Wildman–Crippen LogP) is 3.54. The number of hydrogen-bond acceptors (Lipinski definition) is 5. The number of nitrogens with zero attached hydrogens (tertiary/aromatic N) is 2. The van der Waals surface area contributed by atoms with E-state index in [1.54, 1.807) is 17.7 Å². The van der Waals surface area contributed by atoms with Gasteiger partial charge in [0.25, 0.3) is 5.56 Å². The Balaban J connectivity index is 1.78. The molecule has 152 valence electrons. The number of hydrogen-bond donors (Lipinski definition) is 1. The van der Waals surface area contributed by atoms with Crippen molar-refractivity contribution in [2.24, 2.45) is 0 Å². The normalized spacial score (nSPS) is 16.6. The number of benzene rings is 1. The summed E-state index contributed by atoms with van der Waals surface area (Å²) >= 11 is 1.32. The summed E-state index contributed by atoms with van der Waals surface area (Å²) in [6, 6.07) is 7.43. The number of carbonyl (C=O) groups excluding carboxylic acids is 1. The van der Waals surface area contributed by atoms with E-state index in [0.717, 1.165) is 12.8 Å². The number of para-hydroxylation sites is 1. The van der Waals surface area contributed by atoms with Gasteiger partial charge in [0, 0.05) is 13.2 Å². The highest BCUT2D eigenvalue weighted by Gasteiger charge is 2.19. The zero-order valence-electron chi connectivity index (χ0n) is 16.6. The Morgan fingerprint density at radius 1 is 1.29 bits per heavy atom. The van der Waals surface area contributed by atoms with Crippen molar-refractivity contribution in [3.8, 4) is 0 Å². The van der Waals surface area contributed by atoms with E-state index in [2.05, 4.69) is 10.3 Å². The maximum absolute atomic E-state index is 13.0. The highest BCUT2D eigenvalue weighted by molar-refractivity contribution is 7.99. The van der Waals surface area contributed by atoms with Crippen molar-refractivity contribution >= 4 is 28.6 Å². The van der Waals surface area contributed by atoms with Gasteiger partial charge in [-0.1, -0.05) is 49.6 Å². The Labute approximate surface area is 170 Å². The summed E-state index contributed by atoms with van der Waals surface area (Å²) in [6.07, 6.45) is 6.98. The van der Waals surface area contributed by atoms with E-state index in [9.17, 15) is 9.59 Å². The second-order valence-electron chi connectivity index (χ2n) is 7.44. The van der Waals surface area contributed by atoms with Gasteiger partial charge in [-0.05, 0) is 31.9 Å². The number of carbonyl (C=O) groups is 1. The molecular weight excluding hydrogens is 374 g/mol. The van der Waals surface area contributed by atoms with E-state index in [1.165, 1.54) is 37.4 Å². The number of thioether (sulfide) groups is 1. The maximum Gasteiger partial charge on any atom is 0.262 e. The molecule has 0 unspecified atom stereocenters. The van der Waals surface area contributed by atoms with Crippen LogP contribution in [0.2, 0.25) is 0 Å². The van der Waals surface area contributed by atoms with Crippen molar-refractivity contribution in [3.63, 3.8) is 0 Å². The van der Waals surface area contributed by atoms with Gasteiger partial charge < -0.3 is 10.1 Å². The molecule has 1 atom stereocenters. The Morgan fingerprint density at radius 3 is 2.71 bits per heavy atom. The highest BCUT2D eigenvalue weighted by Crippen LogP contribution is 2.22. The molecule has 1 saturated carbocycles. The maximum atomic E-state index is 13.0. The van der Waals surface area contributed by atoms with Crippen LogP contribution in [0.5, 0.6) is 0 Å². The minimum Gasteiger partial charge on any atom is -0.383 e. The van der Waals surface area contributed by atoms with E-state index < -0.39 is 0 Å². The zero-order chi connectivity index (χ0) is 19.9. The molecular formula is C21H29N3O3S. The monoisotopic (exact) mass is 403 g/mol. The number of nitrogens with one attached hydrogen (secondary N) is 1. The summed E-state index contributed by atoms with van der Waals surface area (Å²) in [5.41, 5.74) is 0.557. The average molecular weight is 404 g/mol. The quantitative estimate of drug-likeness (QED) is 0.435. The van der Waals surface area contributed by atoms with Crippen molar-refractivity contribution in [1.82, 2.24) is 14.9 Å². The molecule has 0 bridgehead atoms. The lowest BCUT2D eigenvalue weighted by Gasteiger charge is -2.19. The third kappa shape index (κ3) is 5.14. The zero-order valence-corrected chi connectivity index (χ0v) is 17.5. The molecule has 0 radical (unpaired) electrons. The van der Waals surface area contributed by atoms with Crippen molar-refractivity contribution < 1.29 is 9.53 Å². The van der Waals surface area contributed by atoms with Gasteiger partial charge in [-0.3, -0.25) is 14.2 Å². The molecule has 1 amide bonds. The van der Waals surface area contributed by atoms with Gasteiger partial charge in [-0.15, -0.1) is 0 Å². The average Bonchev–Trinajstić information content (AvgIpc) is 2.95. The molecule has 1 aromatic heterocycles. The number of amides is 1. The topological polar surface area (TPSA) is 73.2 Å². The van der Waals surface area contributed by atoms with Crippen LogP contribution in [0, 0.1) is 0 Å². The molecule has 3 rings (SSSR count). The van der Waals surface area contributed by atoms with Crippen LogP contribution >= 0.6 is 11.8 Å². The van der Waals surface area contributed by atoms with Gasteiger partial charge in [0.1, 0.15) is 0 Å². The molecule has 1 heterocycles. The molecule has 1 aromatic carbocycles. The fourth-order valence-corrected chi connectivity index (χ4v) is 4.66. The standard InChI is InChI=1S/C21H29N3O3S/c1-15(13-27-2)24-20(26)17-11-7-8-12-18(17)23-21(24)28-14-19(25)22-16-9-5-3-4-6-10-16/h7-8,11-12,15-16H,3-6,9-10,13-14H2,1-2H3,(H,22,25)/t15-/m1/s1. The summed E-state index contributed by atoms with van der Waals surface area (Å²) < 4.78 is 6.89. The van der Waals surface area contributed by atoms with Gasteiger partial charge in [-0.25, -0.2) is 4.98 Å². The second kappa shape index (κ2) is 10.1. The van der Waals surface area contributed by atoms with E-state index in [4.69, 9.17) is 4.74 Å². The molecule has 1 aliphatic rings. The molecule has 0 saturated heterocycles. The minimum absolute atomic E-state index is 0.00486. The van der Waals surface area contributed by atoms with Crippen molar-refractivity contribution in [3.05, 3.63) is 34.6 Å². The first-order valence-corrected chi connectivity index (χ1v) is 11.0. The number of rotatable bonds is 7. The third-order valence-corrected chi connectivity index (χ3v) is 6.13. The van der Waals surface area contributed by atoms with Crippen molar-refractivity contribution in [2.75, 3.05) is 19.5 Å². The van der Waals surface area contributed by atoms with Gasteiger partial charge in [0.2, 0.25) is 5.91 Å². The Bertz CT molecular complexity index is 860. The van der Waals surface area contributed by atoms with Gasteiger partial charge >= 0.3 is 0 Å². The Morgan fingerprint density at radius 2 is 2.00 bits per heavy atom. The fourth-order valence-electron chi connectivity index (χ4n) is 3.75. The van der Waals surface area contributed by atoms with E-state index in [-0.39, 0.29) is 29.3 Å². The predicted molar refractivity (Wildman–Crippen MR) is 113 cm³/mol. The Kier molecular flexibility index (Phi) is 7.50. The highest BCUT2D eigenvalue weighted by atomic mass is 32.2. The molecule has 0 aliphatic heterocycles. The summed E-state index contributed by atoms with van der Waals surface area (Å²) in [4.78, 5) is 30.2. The molecule has 1 fully saturated rings. The Hall–Kier alpha value is -1.86. The molecule has 28 heavy (non-hydrogen) atoms.